The SMILES string of the molecule is CCc1nc(-c2csc(S(=O)(=O)Nc3cccc(C)c3C)c2)no1. The predicted molar refractivity (Wildman–Crippen MR) is 93.7 cm³/mol. The van der Waals surface area contributed by atoms with Crippen molar-refractivity contribution in [3.8, 4) is 11.4 Å². The molecule has 126 valence electrons. The topological polar surface area (TPSA) is 85.1 Å². The molecule has 0 fully saturated rings. The van der Waals surface area contributed by atoms with E-state index in [4.69, 9.17) is 4.52 Å². The van der Waals surface area contributed by atoms with Gasteiger partial charge in [0.15, 0.2) is 0 Å². The molecule has 0 saturated heterocycles. The fraction of sp³-hybridized carbons (Fsp3) is 0.250. The third-order valence-electron chi connectivity index (χ3n) is 3.72. The third kappa shape index (κ3) is 3.20. The van der Waals surface area contributed by atoms with E-state index in [9.17, 15) is 8.42 Å². The maximum Gasteiger partial charge on any atom is 0.271 e. The van der Waals surface area contributed by atoms with Crippen molar-refractivity contribution in [1.29, 1.82) is 0 Å². The standard InChI is InChI=1S/C16H17N3O3S2/c1-4-14-17-16(18-22-14)12-8-15(23-9-12)24(20,21)19-13-7-5-6-10(2)11(13)3/h5-9,19H,4H2,1-3H3. The number of sulfonamides is 1. The van der Waals surface area contributed by atoms with E-state index in [2.05, 4.69) is 14.9 Å². The molecule has 0 atom stereocenters. The van der Waals surface area contributed by atoms with E-state index in [0.29, 0.717) is 29.4 Å². The Morgan fingerprint density at radius 3 is 2.79 bits per heavy atom. The highest BCUT2D eigenvalue weighted by Gasteiger charge is 2.20. The Kier molecular flexibility index (Phi) is 4.42. The Morgan fingerprint density at radius 2 is 2.08 bits per heavy atom. The summed E-state index contributed by atoms with van der Waals surface area (Å²) in [5.41, 5.74) is 3.15. The van der Waals surface area contributed by atoms with Crippen LogP contribution in [0.4, 0.5) is 5.69 Å². The van der Waals surface area contributed by atoms with Gasteiger partial charge in [-0.25, -0.2) is 8.42 Å². The molecule has 3 rings (SSSR count). The Balaban J connectivity index is 1.89. The zero-order valence-electron chi connectivity index (χ0n) is 13.5. The van der Waals surface area contributed by atoms with Crippen LogP contribution in [-0.2, 0) is 16.4 Å². The minimum absolute atomic E-state index is 0.209. The maximum atomic E-state index is 12.6. The monoisotopic (exact) mass is 363 g/mol. The summed E-state index contributed by atoms with van der Waals surface area (Å²) in [5, 5.41) is 5.58. The van der Waals surface area contributed by atoms with E-state index in [-0.39, 0.29) is 4.21 Å². The lowest BCUT2D eigenvalue weighted by atomic mass is 10.1. The summed E-state index contributed by atoms with van der Waals surface area (Å²) in [5.74, 6) is 0.922. The summed E-state index contributed by atoms with van der Waals surface area (Å²) in [6.07, 6.45) is 0.635. The molecule has 0 spiro atoms. The van der Waals surface area contributed by atoms with Gasteiger partial charge < -0.3 is 4.52 Å². The van der Waals surface area contributed by atoms with Crippen LogP contribution in [0.2, 0.25) is 0 Å². The lowest BCUT2D eigenvalue weighted by molar-refractivity contribution is 0.383. The fourth-order valence-electron chi connectivity index (χ4n) is 2.15. The van der Waals surface area contributed by atoms with Gasteiger partial charge in [-0.15, -0.1) is 11.3 Å². The maximum absolute atomic E-state index is 12.6. The first-order chi connectivity index (χ1) is 11.4. The Hall–Kier alpha value is -2.19. The summed E-state index contributed by atoms with van der Waals surface area (Å²) in [6.45, 7) is 5.74. The molecule has 6 nitrogen and oxygen atoms in total. The van der Waals surface area contributed by atoms with Gasteiger partial charge in [0, 0.05) is 17.4 Å². The van der Waals surface area contributed by atoms with E-state index in [1.54, 1.807) is 17.5 Å². The number of nitrogens with one attached hydrogen (secondary N) is 1. The van der Waals surface area contributed by atoms with Crippen LogP contribution in [0.3, 0.4) is 0 Å². The number of anilines is 1. The van der Waals surface area contributed by atoms with Gasteiger partial charge in [-0.05, 0) is 37.1 Å². The molecule has 24 heavy (non-hydrogen) atoms. The molecule has 0 radical (unpaired) electrons. The Labute approximate surface area is 144 Å². The van der Waals surface area contributed by atoms with Crippen LogP contribution in [0.15, 0.2) is 38.4 Å². The quantitative estimate of drug-likeness (QED) is 0.746. The Bertz CT molecular complexity index is 974. The molecule has 0 unspecified atom stereocenters. The summed E-state index contributed by atoms with van der Waals surface area (Å²) < 4.78 is 33.1. The third-order valence-corrected chi connectivity index (χ3v) is 6.52. The van der Waals surface area contributed by atoms with Crippen molar-refractivity contribution in [2.24, 2.45) is 0 Å². The van der Waals surface area contributed by atoms with Gasteiger partial charge >= 0.3 is 0 Å². The molecular weight excluding hydrogens is 346 g/mol. The van der Waals surface area contributed by atoms with Crippen LogP contribution < -0.4 is 4.72 Å². The van der Waals surface area contributed by atoms with E-state index >= 15 is 0 Å². The van der Waals surface area contributed by atoms with Crippen molar-refractivity contribution >= 4 is 27.0 Å². The van der Waals surface area contributed by atoms with Gasteiger partial charge in [-0.2, -0.15) is 4.98 Å². The van der Waals surface area contributed by atoms with Crippen LogP contribution in [0.1, 0.15) is 23.9 Å². The van der Waals surface area contributed by atoms with Crippen molar-refractivity contribution in [2.75, 3.05) is 4.72 Å². The highest BCUT2D eigenvalue weighted by Crippen LogP contribution is 2.29. The largest absolute Gasteiger partial charge is 0.339 e. The minimum Gasteiger partial charge on any atom is -0.339 e. The molecule has 1 N–H and O–H groups in total. The van der Waals surface area contributed by atoms with Crippen molar-refractivity contribution in [3.63, 3.8) is 0 Å². The number of benzene rings is 1. The number of aromatic nitrogens is 2. The molecule has 1 aromatic carbocycles. The highest BCUT2D eigenvalue weighted by atomic mass is 32.2. The van der Waals surface area contributed by atoms with Crippen molar-refractivity contribution in [1.82, 2.24) is 10.1 Å². The van der Waals surface area contributed by atoms with Gasteiger partial charge in [0.25, 0.3) is 10.0 Å². The zero-order chi connectivity index (χ0) is 17.3. The molecule has 0 amide bonds. The van der Waals surface area contributed by atoms with Crippen LogP contribution in [0.25, 0.3) is 11.4 Å². The second-order valence-electron chi connectivity index (χ2n) is 5.37. The van der Waals surface area contributed by atoms with Crippen LogP contribution in [0, 0.1) is 13.8 Å². The molecule has 8 heteroatoms. The normalized spacial score (nSPS) is 11.6. The Morgan fingerprint density at radius 1 is 1.29 bits per heavy atom. The minimum atomic E-state index is -3.66. The number of rotatable bonds is 5. The van der Waals surface area contributed by atoms with Gasteiger partial charge in [0.2, 0.25) is 11.7 Å². The molecule has 0 aliphatic rings. The molecular formula is C16H17N3O3S2. The number of hydrogen-bond donors (Lipinski definition) is 1. The molecule has 2 aromatic heterocycles. The van der Waals surface area contributed by atoms with E-state index in [1.807, 2.05) is 32.9 Å². The number of hydrogen-bond acceptors (Lipinski definition) is 6. The van der Waals surface area contributed by atoms with Crippen molar-refractivity contribution in [2.45, 2.75) is 31.4 Å². The van der Waals surface area contributed by atoms with Crippen molar-refractivity contribution in [3.05, 3.63) is 46.7 Å². The summed E-state index contributed by atoms with van der Waals surface area (Å²) in [7, 11) is -3.66. The summed E-state index contributed by atoms with van der Waals surface area (Å²) in [4.78, 5) is 4.22. The highest BCUT2D eigenvalue weighted by molar-refractivity contribution is 7.94. The number of thiophene rings is 1. The van der Waals surface area contributed by atoms with Gasteiger partial charge in [0.05, 0.1) is 5.69 Å². The first kappa shape index (κ1) is 16.7. The molecule has 3 aromatic rings. The first-order valence-corrected chi connectivity index (χ1v) is 9.77. The predicted octanol–water partition coefficient (Wildman–Crippen LogP) is 3.78. The van der Waals surface area contributed by atoms with E-state index in [1.165, 1.54) is 0 Å². The smallest absolute Gasteiger partial charge is 0.271 e. The van der Waals surface area contributed by atoms with E-state index < -0.39 is 10.0 Å². The molecule has 0 bridgehead atoms. The molecule has 0 saturated carbocycles. The summed E-state index contributed by atoms with van der Waals surface area (Å²) in [6, 6.07) is 7.08. The van der Waals surface area contributed by atoms with Crippen LogP contribution in [0.5, 0.6) is 0 Å². The lowest BCUT2D eigenvalue weighted by Gasteiger charge is -2.10. The number of aryl methyl sites for hydroxylation is 2. The van der Waals surface area contributed by atoms with Crippen LogP contribution in [-0.4, -0.2) is 18.6 Å². The average Bonchev–Trinajstić information content (AvgIpc) is 3.20. The second kappa shape index (κ2) is 6.37. The molecule has 0 aliphatic carbocycles. The van der Waals surface area contributed by atoms with Gasteiger partial charge in [-0.3, -0.25) is 4.72 Å². The first-order valence-electron chi connectivity index (χ1n) is 7.41. The second-order valence-corrected chi connectivity index (χ2v) is 8.19. The zero-order valence-corrected chi connectivity index (χ0v) is 15.2. The molecule has 2 heterocycles. The summed E-state index contributed by atoms with van der Waals surface area (Å²) >= 11 is 1.13. The number of nitrogens with zero attached hydrogens (tertiary/aromatic N) is 2. The molecule has 0 aliphatic heterocycles. The van der Waals surface area contributed by atoms with Crippen LogP contribution >= 0.6 is 11.3 Å². The van der Waals surface area contributed by atoms with E-state index in [0.717, 1.165) is 22.5 Å². The van der Waals surface area contributed by atoms with Crippen molar-refractivity contribution < 1.29 is 12.9 Å². The van der Waals surface area contributed by atoms with Gasteiger partial charge in [-0.1, -0.05) is 24.2 Å². The lowest BCUT2D eigenvalue weighted by Crippen LogP contribution is -2.12. The average molecular weight is 363 g/mol. The fourth-order valence-corrected chi connectivity index (χ4v) is 4.43. The van der Waals surface area contributed by atoms with Gasteiger partial charge in [0.1, 0.15) is 4.21 Å².